The van der Waals surface area contributed by atoms with Gasteiger partial charge in [0.15, 0.2) is 0 Å². The van der Waals surface area contributed by atoms with Crippen molar-refractivity contribution in [2.45, 2.75) is 39.2 Å². The molecule has 1 fully saturated rings. The summed E-state index contributed by atoms with van der Waals surface area (Å²) in [6.45, 7) is 5.22. The Kier molecular flexibility index (Phi) is 4.65. The van der Waals surface area contributed by atoms with Crippen LogP contribution < -0.4 is 4.74 Å². The molecule has 0 aliphatic carbocycles. The number of rotatable bonds is 5. The van der Waals surface area contributed by atoms with Crippen LogP contribution in [0.3, 0.4) is 0 Å². The monoisotopic (exact) mass is 314 g/mol. The van der Waals surface area contributed by atoms with Crippen molar-refractivity contribution in [2.75, 3.05) is 13.1 Å². The van der Waals surface area contributed by atoms with Crippen molar-refractivity contribution in [3.05, 3.63) is 47.3 Å². The molecule has 1 aromatic heterocycles. The van der Waals surface area contributed by atoms with Gasteiger partial charge in [-0.1, -0.05) is 23.4 Å². The Hall–Kier alpha value is -2.30. The quantitative estimate of drug-likeness (QED) is 0.851. The van der Waals surface area contributed by atoms with E-state index in [1.54, 1.807) is 0 Å². The number of likely N-dealkylation sites (tertiary alicyclic amines) is 1. The van der Waals surface area contributed by atoms with Gasteiger partial charge < -0.3 is 14.2 Å². The fourth-order valence-corrected chi connectivity index (χ4v) is 2.99. The van der Waals surface area contributed by atoms with E-state index in [4.69, 9.17) is 9.26 Å². The molecule has 23 heavy (non-hydrogen) atoms. The molecule has 1 aliphatic rings. The molecule has 3 rings (SSSR count). The average molecular weight is 314 g/mol. The number of carbonyl (C=O) groups excluding carboxylic acids is 1. The standard InChI is InChI=1S/C18H22N2O3/c1-13-17(14(2)23-19-13)8-9-18(21)20-11-10-16(12-20)22-15-6-4-3-5-7-15/h3-7,16H,8-12H2,1-2H3/t16-/m1/s1. The molecule has 1 aliphatic heterocycles. The lowest BCUT2D eigenvalue weighted by Crippen LogP contribution is -2.31. The molecule has 2 heterocycles. The van der Waals surface area contributed by atoms with Crippen LogP contribution in [0.2, 0.25) is 0 Å². The summed E-state index contributed by atoms with van der Waals surface area (Å²) >= 11 is 0. The molecule has 0 saturated carbocycles. The topological polar surface area (TPSA) is 55.6 Å². The number of para-hydroxylation sites is 1. The Morgan fingerprint density at radius 1 is 1.35 bits per heavy atom. The normalized spacial score (nSPS) is 17.5. The number of ether oxygens (including phenoxy) is 1. The van der Waals surface area contributed by atoms with Crippen molar-refractivity contribution in [3.8, 4) is 5.75 Å². The van der Waals surface area contributed by atoms with Gasteiger partial charge in [0.2, 0.25) is 5.91 Å². The molecular weight excluding hydrogens is 292 g/mol. The minimum atomic E-state index is 0.0837. The first-order valence-electron chi connectivity index (χ1n) is 8.04. The number of benzene rings is 1. The summed E-state index contributed by atoms with van der Waals surface area (Å²) < 4.78 is 11.1. The van der Waals surface area contributed by atoms with Crippen molar-refractivity contribution in [3.63, 3.8) is 0 Å². The van der Waals surface area contributed by atoms with E-state index in [2.05, 4.69) is 5.16 Å². The van der Waals surface area contributed by atoms with Crippen molar-refractivity contribution in [1.82, 2.24) is 10.1 Å². The van der Waals surface area contributed by atoms with Crippen LogP contribution in [0.25, 0.3) is 0 Å². The smallest absolute Gasteiger partial charge is 0.223 e. The lowest BCUT2D eigenvalue weighted by molar-refractivity contribution is -0.130. The number of aryl methyl sites for hydroxylation is 2. The lowest BCUT2D eigenvalue weighted by Gasteiger charge is -2.17. The van der Waals surface area contributed by atoms with Crippen molar-refractivity contribution in [2.24, 2.45) is 0 Å². The highest BCUT2D eigenvalue weighted by molar-refractivity contribution is 5.76. The van der Waals surface area contributed by atoms with E-state index in [1.165, 1.54) is 0 Å². The maximum atomic E-state index is 12.4. The molecule has 122 valence electrons. The number of hydrogen-bond donors (Lipinski definition) is 0. The van der Waals surface area contributed by atoms with Crippen LogP contribution in [0.1, 0.15) is 29.9 Å². The van der Waals surface area contributed by atoms with Crippen LogP contribution in [0.4, 0.5) is 0 Å². The Morgan fingerprint density at radius 2 is 2.13 bits per heavy atom. The van der Waals surface area contributed by atoms with Gasteiger partial charge in [0, 0.05) is 24.9 Å². The molecule has 1 aromatic carbocycles. The predicted molar refractivity (Wildman–Crippen MR) is 86.4 cm³/mol. The SMILES string of the molecule is Cc1noc(C)c1CCC(=O)N1CC[C@@H](Oc2ccccc2)C1. The van der Waals surface area contributed by atoms with Crippen molar-refractivity contribution in [1.29, 1.82) is 0 Å². The second kappa shape index (κ2) is 6.86. The number of amides is 1. The zero-order valence-corrected chi connectivity index (χ0v) is 13.6. The first kappa shape index (κ1) is 15.6. The van der Waals surface area contributed by atoms with Crippen LogP contribution in [0.5, 0.6) is 5.75 Å². The van der Waals surface area contributed by atoms with E-state index in [1.807, 2.05) is 49.1 Å². The molecule has 2 aromatic rings. The number of nitrogens with zero attached hydrogens (tertiary/aromatic N) is 2. The van der Waals surface area contributed by atoms with Crippen LogP contribution in [-0.4, -0.2) is 35.2 Å². The molecule has 1 amide bonds. The van der Waals surface area contributed by atoms with E-state index in [0.717, 1.165) is 35.7 Å². The highest BCUT2D eigenvalue weighted by Gasteiger charge is 2.27. The van der Waals surface area contributed by atoms with Crippen LogP contribution in [0, 0.1) is 13.8 Å². The summed E-state index contributed by atoms with van der Waals surface area (Å²) in [7, 11) is 0. The summed E-state index contributed by atoms with van der Waals surface area (Å²) in [6, 6.07) is 9.77. The van der Waals surface area contributed by atoms with Gasteiger partial charge in [-0.25, -0.2) is 0 Å². The second-order valence-corrected chi connectivity index (χ2v) is 5.98. The van der Waals surface area contributed by atoms with Gasteiger partial charge in [0.25, 0.3) is 0 Å². The summed E-state index contributed by atoms with van der Waals surface area (Å²) in [5.41, 5.74) is 1.93. The predicted octanol–water partition coefficient (Wildman–Crippen LogP) is 2.90. The first-order chi connectivity index (χ1) is 11.1. The molecule has 0 radical (unpaired) electrons. The number of hydrogen-bond acceptors (Lipinski definition) is 4. The summed E-state index contributed by atoms with van der Waals surface area (Å²) in [4.78, 5) is 14.3. The third kappa shape index (κ3) is 3.73. The zero-order chi connectivity index (χ0) is 16.2. The van der Waals surface area contributed by atoms with Crippen LogP contribution in [0.15, 0.2) is 34.9 Å². The molecule has 5 nitrogen and oxygen atoms in total. The van der Waals surface area contributed by atoms with E-state index in [0.29, 0.717) is 19.4 Å². The summed E-state index contributed by atoms with van der Waals surface area (Å²) in [5.74, 6) is 1.84. The van der Waals surface area contributed by atoms with E-state index >= 15 is 0 Å². The van der Waals surface area contributed by atoms with Gasteiger partial charge in [-0.15, -0.1) is 0 Å². The molecular formula is C18H22N2O3. The maximum absolute atomic E-state index is 12.4. The van der Waals surface area contributed by atoms with E-state index < -0.39 is 0 Å². The molecule has 1 atom stereocenters. The molecule has 1 saturated heterocycles. The van der Waals surface area contributed by atoms with Crippen molar-refractivity contribution >= 4 is 5.91 Å². The largest absolute Gasteiger partial charge is 0.489 e. The average Bonchev–Trinajstić information content (AvgIpc) is 3.14. The maximum Gasteiger partial charge on any atom is 0.223 e. The Labute approximate surface area is 136 Å². The Balaban J connectivity index is 1.49. The highest BCUT2D eigenvalue weighted by Crippen LogP contribution is 2.20. The van der Waals surface area contributed by atoms with Gasteiger partial charge in [0.1, 0.15) is 17.6 Å². The minimum absolute atomic E-state index is 0.0837. The zero-order valence-electron chi connectivity index (χ0n) is 13.6. The molecule has 0 bridgehead atoms. The second-order valence-electron chi connectivity index (χ2n) is 5.98. The third-order valence-electron chi connectivity index (χ3n) is 4.31. The van der Waals surface area contributed by atoms with Crippen LogP contribution >= 0.6 is 0 Å². The van der Waals surface area contributed by atoms with Crippen LogP contribution in [-0.2, 0) is 11.2 Å². The Morgan fingerprint density at radius 3 is 2.83 bits per heavy atom. The van der Waals surface area contributed by atoms with E-state index in [-0.39, 0.29) is 12.0 Å². The van der Waals surface area contributed by atoms with Gasteiger partial charge in [0.05, 0.1) is 12.2 Å². The number of aromatic nitrogens is 1. The fourth-order valence-electron chi connectivity index (χ4n) is 2.99. The summed E-state index contributed by atoms with van der Waals surface area (Å²) in [5, 5.41) is 3.93. The Bertz CT molecular complexity index is 647. The van der Waals surface area contributed by atoms with Crippen molar-refractivity contribution < 1.29 is 14.1 Å². The van der Waals surface area contributed by atoms with Gasteiger partial charge >= 0.3 is 0 Å². The van der Waals surface area contributed by atoms with Gasteiger partial charge in [-0.3, -0.25) is 4.79 Å². The first-order valence-corrected chi connectivity index (χ1v) is 8.04. The molecule has 0 unspecified atom stereocenters. The summed E-state index contributed by atoms with van der Waals surface area (Å²) in [6.07, 6.45) is 2.13. The molecule has 0 spiro atoms. The van der Waals surface area contributed by atoms with E-state index in [9.17, 15) is 4.79 Å². The molecule has 0 N–H and O–H groups in total. The highest BCUT2D eigenvalue weighted by atomic mass is 16.5. The molecule has 5 heteroatoms. The fraction of sp³-hybridized carbons (Fsp3) is 0.444. The van der Waals surface area contributed by atoms with Gasteiger partial charge in [-0.2, -0.15) is 0 Å². The third-order valence-corrected chi connectivity index (χ3v) is 4.31. The number of carbonyl (C=O) groups is 1. The minimum Gasteiger partial charge on any atom is -0.489 e. The lowest BCUT2D eigenvalue weighted by atomic mass is 10.1. The van der Waals surface area contributed by atoms with Gasteiger partial charge in [-0.05, 0) is 32.4 Å².